The van der Waals surface area contributed by atoms with Crippen LogP contribution in [0.3, 0.4) is 0 Å². The standard InChI is InChI=1S/C12H25NS/c1-4-5-8-14-11-9-12(2,3)7-6-10(11)13/h10-11H,4-9,13H2,1-3H3. The van der Waals surface area contributed by atoms with E-state index in [4.69, 9.17) is 5.73 Å². The van der Waals surface area contributed by atoms with E-state index >= 15 is 0 Å². The molecule has 0 bridgehead atoms. The van der Waals surface area contributed by atoms with E-state index in [-0.39, 0.29) is 0 Å². The van der Waals surface area contributed by atoms with E-state index in [1.807, 2.05) is 0 Å². The Hall–Kier alpha value is 0.310. The minimum absolute atomic E-state index is 0.449. The highest BCUT2D eigenvalue weighted by Crippen LogP contribution is 2.39. The molecule has 2 atom stereocenters. The van der Waals surface area contributed by atoms with Gasteiger partial charge in [0.05, 0.1) is 0 Å². The number of hydrogen-bond donors (Lipinski definition) is 1. The number of nitrogens with two attached hydrogens (primary N) is 1. The third kappa shape index (κ3) is 3.82. The number of unbranched alkanes of at least 4 members (excludes halogenated alkanes) is 1. The Morgan fingerprint density at radius 3 is 2.79 bits per heavy atom. The minimum Gasteiger partial charge on any atom is -0.327 e. The van der Waals surface area contributed by atoms with Gasteiger partial charge in [-0.2, -0.15) is 11.8 Å². The van der Waals surface area contributed by atoms with Crippen molar-refractivity contribution in [2.45, 2.75) is 64.2 Å². The van der Waals surface area contributed by atoms with E-state index < -0.39 is 0 Å². The van der Waals surface area contributed by atoms with Crippen molar-refractivity contribution >= 4 is 11.8 Å². The fourth-order valence-electron chi connectivity index (χ4n) is 2.10. The van der Waals surface area contributed by atoms with Crippen molar-refractivity contribution < 1.29 is 0 Å². The van der Waals surface area contributed by atoms with Gasteiger partial charge >= 0.3 is 0 Å². The summed E-state index contributed by atoms with van der Waals surface area (Å²) in [7, 11) is 0. The first kappa shape index (κ1) is 12.4. The van der Waals surface area contributed by atoms with Gasteiger partial charge in [0.25, 0.3) is 0 Å². The van der Waals surface area contributed by atoms with Gasteiger partial charge in [0, 0.05) is 11.3 Å². The van der Waals surface area contributed by atoms with Crippen LogP contribution in [0.4, 0.5) is 0 Å². The molecule has 84 valence electrons. The summed E-state index contributed by atoms with van der Waals surface area (Å²) in [4.78, 5) is 0. The molecule has 0 heterocycles. The number of hydrogen-bond acceptors (Lipinski definition) is 2. The third-order valence-corrected chi connectivity index (χ3v) is 4.68. The summed E-state index contributed by atoms with van der Waals surface area (Å²) in [5.41, 5.74) is 6.69. The van der Waals surface area contributed by atoms with Crippen LogP contribution in [0.1, 0.15) is 52.9 Å². The van der Waals surface area contributed by atoms with Crippen LogP contribution >= 0.6 is 11.8 Å². The van der Waals surface area contributed by atoms with Crippen LogP contribution in [0.25, 0.3) is 0 Å². The van der Waals surface area contributed by atoms with E-state index in [1.165, 1.54) is 37.9 Å². The highest BCUT2D eigenvalue weighted by Gasteiger charge is 2.32. The van der Waals surface area contributed by atoms with Crippen molar-refractivity contribution in [2.75, 3.05) is 5.75 Å². The van der Waals surface area contributed by atoms with Crippen molar-refractivity contribution in [1.29, 1.82) is 0 Å². The summed E-state index contributed by atoms with van der Waals surface area (Å²) in [6.07, 6.45) is 6.48. The van der Waals surface area contributed by atoms with Crippen LogP contribution in [0.2, 0.25) is 0 Å². The molecule has 1 aliphatic rings. The first-order valence-corrected chi connectivity index (χ1v) is 6.97. The van der Waals surface area contributed by atoms with Gasteiger partial charge in [-0.15, -0.1) is 0 Å². The molecule has 1 saturated carbocycles. The second-order valence-electron chi connectivity index (χ2n) is 5.33. The molecule has 0 aromatic carbocycles. The molecule has 1 fully saturated rings. The van der Waals surface area contributed by atoms with Crippen LogP contribution in [0.5, 0.6) is 0 Å². The molecule has 2 heteroatoms. The molecule has 0 aromatic rings. The van der Waals surface area contributed by atoms with E-state index in [2.05, 4.69) is 32.5 Å². The van der Waals surface area contributed by atoms with Gasteiger partial charge in [0.15, 0.2) is 0 Å². The molecule has 0 aromatic heterocycles. The van der Waals surface area contributed by atoms with Crippen molar-refractivity contribution in [1.82, 2.24) is 0 Å². The smallest absolute Gasteiger partial charge is 0.0204 e. The first-order valence-electron chi connectivity index (χ1n) is 5.92. The number of rotatable bonds is 4. The Morgan fingerprint density at radius 1 is 1.43 bits per heavy atom. The summed E-state index contributed by atoms with van der Waals surface area (Å²) >= 11 is 2.11. The monoisotopic (exact) mass is 215 g/mol. The first-order chi connectivity index (χ1) is 6.55. The number of thioether (sulfide) groups is 1. The predicted octanol–water partition coefficient (Wildman–Crippen LogP) is 3.43. The van der Waals surface area contributed by atoms with Crippen LogP contribution < -0.4 is 5.73 Å². The van der Waals surface area contributed by atoms with Crippen molar-refractivity contribution in [3.63, 3.8) is 0 Å². The highest BCUT2D eigenvalue weighted by atomic mass is 32.2. The lowest BCUT2D eigenvalue weighted by Gasteiger charge is -2.38. The fraction of sp³-hybridized carbons (Fsp3) is 1.00. The van der Waals surface area contributed by atoms with Crippen molar-refractivity contribution in [3.8, 4) is 0 Å². The van der Waals surface area contributed by atoms with E-state index in [9.17, 15) is 0 Å². The third-order valence-electron chi connectivity index (χ3n) is 3.22. The summed E-state index contributed by atoms with van der Waals surface area (Å²) < 4.78 is 0. The summed E-state index contributed by atoms with van der Waals surface area (Å²) in [5.74, 6) is 1.30. The SMILES string of the molecule is CCCCSC1CC(C)(C)CCC1N. The maximum absolute atomic E-state index is 6.16. The zero-order valence-electron chi connectivity index (χ0n) is 9.88. The molecule has 0 amide bonds. The second kappa shape index (κ2) is 5.41. The van der Waals surface area contributed by atoms with Crippen molar-refractivity contribution in [2.24, 2.45) is 11.1 Å². The zero-order valence-corrected chi connectivity index (χ0v) is 10.7. The Labute approximate surface area is 93.2 Å². The summed E-state index contributed by atoms with van der Waals surface area (Å²) in [6.45, 7) is 7.02. The average molecular weight is 215 g/mol. The van der Waals surface area contributed by atoms with Crippen LogP contribution in [0, 0.1) is 5.41 Å². The Bertz CT molecular complexity index is 168. The summed E-state index contributed by atoms with van der Waals surface area (Å²) in [6, 6.07) is 0.449. The van der Waals surface area contributed by atoms with Crippen LogP contribution in [0.15, 0.2) is 0 Å². The molecular weight excluding hydrogens is 190 g/mol. The lowest BCUT2D eigenvalue weighted by Crippen LogP contribution is -2.41. The molecule has 0 spiro atoms. The predicted molar refractivity (Wildman–Crippen MR) is 66.8 cm³/mol. The lowest BCUT2D eigenvalue weighted by atomic mass is 9.75. The highest BCUT2D eigenvalue weighted by molar-refractivity contribution is 7.99. The molecule has 2 N–H and O–H groups in total. The van der Waals surface area contributed by atoms with Gasteiger partial charge in [0.1, 0.15) is 0 Å². The minimum atomic E-state index is 0.449. The maximum Gasteiger partial charge on any atom is 0.0204 e. The zero-order chi connectivity index (χ0) is 10.6. The van der Waals surface area contributed by atoms with Gasteiger partial charge < -0.3 is 5.73 Å². The molecule has 1 nitrogen and oxygen atoms in total. The largest absolute Gasteiger partial charge is 0.327 e. The van der Waals surface area contributed by atoms with Gasteiger partial charge in [-0.25, -0.2) is 0 Å². The molecular formula is C12H25NS. The van der Waals surface area contributed by atoms with E-state index in [0.717, 1.165) is 0 Å². The van der Waals surface area contributed by atoms with Gasteiger partial charge in [0.2, 0.25) is 0 Å². The van der Waals surface area contributed by atoms with E-state index in [0.29, 0.717) is 16.7 Å². The second-order valence-corrected chi connectivity index (χ2v) is 6.68. The average Bonchev–Trinajstić information content (AvgIpc) is 2.11. The molecule has 1 rings (SSSR count). The topological polar surface area (TPSA) is 26.0 Å². The van der Waals surface area contributed by atoms with Crippen LogP contribution in [-0.2, 0) is 0 Å². The molecule has 2 unspecified atom stereocenters. The van der Waals surface area contributed by atoms with Gasteiger partial charge in [-0.1, -0.05) is 27.2 Å². The van der Waals surface area contributed by atoms with Gasteiger partial charge in [-0.05, 0) is 36.9 Å². The van der Waals surface area contributed by atoms with Gasteiger partial charge in [-0.3, -0.25) is 0 Å². The van der Waals surface area contributed by atoms with Crippen molar-refractivity contribution in [3.05, 3.63) is 0 Å². The Kier molecular flexibility index (Phi) is 4.78. The molecule has 0 aliphatic heterocycles. The maximum atomic E-state index is 6.16. The summed E-state index contributed by atoms with van der Waals surface area (Å²) in [5, 5.41) is 0.713. The Morgan fingerprint density at radius 2 is 2.14 bits per heavy atom. The quantitative estimate of drug-likeness (QED) is 0.727. The van der Waals surface area contributed by atoms with Crippen LogP contribution in [-0.4, -0.2) is 17.0 Å². The fourth-order valence-corrected chi connectivity index (χ4v) is 3.81. The van der Waals surface area contributed by atoms with E-state index in [1.54, 1.807) is 0 Å². The molecule has 0 saturated heterocycles. The Balaban J connectivity index is 2.33. The molecule has 0 radical (unpaired) electrons. The lowest BCUT2D eigenvalue weighted by molar-refractivity contribution is 0.232. The normalized spacial score (nSPS) is 31.7. The molecule has 1 aliphatic carbocycles. The molecule has 14 heavy (non-hydrogen) atoms.